The minimum atomic E-state index is 0.0758. The Labute approximate surface area is 108 Å². The molecule has 0 unspecified atom stereocenters. The van der Waals surface area contributed by atoms with E-state index in [0.29, 0.717) is 5.88 Å². The number of hydrogen-bond donors (Lipinski definition) is 0. The number of alkyl halides is 1. The number of fused-ring (bicyclic) bond motifs is 1. The van der Waals surface area contributed by atoms with Crippen LogP contribution < -0.4 is 9.47 Å². The Morgan fingerprint density at radius 3 is 2.59 bits per heavy atom. The molecule has 1 aliphatic rings. The van der Waals surface area contributed by atoms with Gasteiger partial charge in [-0.1, -0.05) is 19.9 Å². The van der Waals surface area contributed by atoms with E-state index >= 15 is 0 Å². The SMILES string of the molecule is CC(C)(CCCl)c1ccc2c(c1)OCCCO2. The van der Waals surface area contributed by atoms with E-state index in [1.165, 1.54) is 5.56 Å². The summed E-state index contributed by atoms with van der Waals surface area (Å²) in [7, 11) is 0. The van der Waals surface area contributed by atoms with E-state index in [9.17, 15) is 0 Å². The van der Waals surface area contributed by atoms with Gasteiger partial charge in [0.15, 0.2) is 11.5 Å². The molecule has 1 aromatic rings. The third kappa shape index (κ3) is 2.86. The van der Waals surface area contributed by atoms with Crippen molar-refractivity contribution in [2.24, 2.45) is 0 Å². The summed E-state index contributed by atoms with van der Waals surface area (Å²) in [5.74, 6) is 2.39. The van der Waals surface area contributed by atoms with Gasteiger partial charge in [0.05, 0.1) is 13.2 Å². The fourth-order valence-corrected chi connectivity index (χ4v) is 2.44. The second-order valence-electron chi connectivity index (χ2n) is 5.03. The van der Waals surface area contributed by atoms with Crippen LogP contribution in [0, 0.1) is 0 Å². The summed E-state index contributed by atoms with van der Waals surface area (Å²) in [5, 5.41) is 0. The highest BCUT2D eigenvalue weighted by molar-refractivity contribution is 6.17. The van der Waals surface area contributed by atoms with Crippen LogP contribution >= 0.6 is 11.6 Å². The molecule has 0 amide bonds. The molecule has 0 N–H and O–H groups in total. The van der Waals surface area contributed by atoms with Crippen molar-refractivity contribution < 1.29 is 9.47 Å². The lowest BCUT2D eigenvalue weighted by molar-refractivity contribution is 0.296. The minimum absolute atomic E-state index is 0.0758. The maximum absolute atomic E-state index is 5.85. The molecule has 0 atom stereocenters. The van der Waals surface area contributed by atoms with Crippen molar-refractivity contribution in [1.82, 2.24) is 0 Å². The highest BCUT2D eigenvalue weighted by Gasteiger charge is 2.22. The molecule has 2 nitrogen and oxygen atoms in total. The zero-order chi connectivity index (χ0) is 12.3. The standard InChI is InChI=1S/C14H19ClO2/c1-14(2,6-7-15)11-4-5-12-13(10-11)17-9-3-8-16-12/h4-5,10H,3,6-9H2,1-2H3. The second-order valence-corrected chi connectivity index (χ2v) is 5.41. The molecule has 0 spiro atoms. The fraction of sp³-hybridized carbons (Fsp3) is 0.571. The summed E-state index contributed by atoms with van der Waals surface area (Å²) in [6.45, 7) is 5.87. The van der Waals surface area contributed by atoms with Gasteiger partial charge in [-0.3, -0.25) is 0 Å². The molecule has 1 heterocycles. The van der Waals surface area contributed by atoms with Gasteiger partial charge in [-0.2, -0.15) is 0 Å². The number of halogens is 1. The van der Waals surface area contributed by atoms with Gasteiger partial charge in [-0.15, -0.1) is 11.6 Å². The molecule has 17 heavy (non-hydrogen) atoms. The van der Waals surface area contributed by atoms with Gasteiger partial charge in [0, 0.05) is 12.3 Å². The van der Waals surface area contributed by atoms with Crippen LogP contribution in [0.4, 0.5) is 0 Å². The largest absolute Gasteiger partial charge is 0.490 e. The lowest BCUT2D eigenvalue weighted by Gasteiger charge is -2.25. The van der Waals surface area contributed by atoms with Crippen LogP contribution in [0.15, 0.2) is 18.2 Å². The first kappa shape index (κ1) is 12.6. The van der Waals surface area contributed by atoms with Gasteiger partial charge in [0.25, 0.3) is 0 Å². The van der Waals surface area contributed by atoms with Crippen LogP contribution in [0.25, 0.3) is 0 Å². The molecule has 94 valence electrons. The number of rotatable bonds is 3. The van der Waals surface area contributed by atoms with Crippen LogP contribution in [0.1, 0.15) is 32.3 Å². The maximum atomic E-state index is 5.85. The van der Waals surface area contributed by atoms with Crippen LogP contribution in [-0.2, 0) is 5.41 Å². The van der Waals surface area contributed by atoms with E-state index < -0.39 is 0 Å². The molecule has 0 aliphatic carbocycles. The van der Waals surface area contributed by atoms with Crippen LogP contribution in [0.5, 0.6) is 11.5 Å². The van der Waals surface area contributed by atoms with Gasteiger partial charge in [-0.25, -0.2) is 0 Å². The van der Waals surface area contributed by atoms with Crippen molar-refractivity contribution in [3.63, 3.8) is 0 Å². The summed E-state index contributed by atoms with van der Waals surface area (Å²) in [4.78, 5) is 0. The molecule has 1 aliphatic heterocycles. The highest BCUT2D eigenvalue weighted by Crippen LogP contribution is 2.36. The lowest BCUT2D eigenvalue weighted by Crippen LogP contribution is -2.17. The summed E-state index contributed by atoms with van der Waals surface area (Å²) >= 11 is 5.85. The third-order valence-corrected chi connectivity index (χ3v) is 3.44. The van der Waals surface area contributed by atoms with Gasteiger partial charge in [0.2, 0.25) is 0 Å². The third-order valence-electron chi connectivity index (χ3n) is 3.25. The first-order chi connectivity index (χ1) is 8.13. The Morgan fingerprint density at radius 2 is 1.88 bits per heavy atom. The summed E-state index contributed by atoms with van der Waals surface area (Å²) in [5.41, 5.74) is 1.33. The molecular weight excluding hydrogens is 236 g/mol. The van der Waals surface area contributed by atoms with E-state index in [1.807, 2.05) is 6.07 Å². The molecule has 1 aromatic carbocycles. The van der Waals surface area contributed by atoms with Crippen molar-refractivity contribution in [3.05, 3.63) is 23.8 Å². The molecule has 0 saturated heterocycles. The van der Waals surface area contributed by atoms with Gasteiger partial charge < -0.3 is 9.47 Å². The topological polar surface area (TPSA) is 18.5 Å². The van der Waals surface area contributed by atoms with Crippen molar-refractivity contribution >= 4 is 11.6 Å². The molecule has 0 radical (unpaired) electrons. The summed E-state index contributed by atoms with van der Waals surface area (Å²) < 4.78 is 11.3. The molecule has 0 bridgehead atoms. The zero-order valence-electron chi connectivity index (χ0n) is 10.5. The quantitative estimate of drug-likeness (QED) is 0.765. The second kappa shape index (κ2) is 5.18. The van der Waals surface area contributed by atoms with E-state index in [4.69, 9.17) is 21.1 Å². The Balaban J connectivity index is 2.29. The van der Waals surface area contributed by atoms with E-state index in [0.717, 1.165) is 37.6 Å². The van der Waals surface area contributed by atoms with Gasteiger partial charge in [-0.05, 0) is 29.5 Å². The molecule has 2 rings (SSSR count). The molecular formula is C14H19ClO2. The number of ether oxygens (including phenoxy) is 2. The monoisotopic (exact) mass is 254 g/mol. The van der Waals surface area contributed by atoms with Crippen LogP contribution in [0.2, 0.25) is 0 Å². The fourth-order valence-electron chi connectivity index (χ4n) is 1.96. The zero-order valence-corrected chi connectivity index (χ0v) is 11.2. The number of benzene rings is 1. The minimum Gasteiger partial charge on any atom is -0.490 e. The highest BCUT2D eigenvalue weighted by atomic mass is 35.5. The average molecular weight is 255 g/mol. The summed E-state index contributed by atoms with van der Waals surface area (Å²) in [6.07, 6.45) is 1.89. The van der Waals surface area contributed by atoms with Crippen LogP contribution in [-0.4, -0.2) is 19.1 Å². The normalized spacial score (nSPS) is 15.5. The van der Waals surface area contributed by atoms with Gasteiger partial charge >= 0.3 is 0 Å². The molecule has 0 saturated carbocycles. The van der Waals surface area contributed by atoms with E-state index in [-0.39, 0.29) is 5.41 Å². The van der Waals surface area contributed by atoms with Gasteiger partial charge in [0.1, 0.15) is 0 Å². The Bertz CT molecular complexity index is 388. The predicted octanol–water partition coefficient (Wildman–Crippen LogP) is 3.75. The van der Waals surface area contributed by atoms with E-state index in [1.54, 1.807) is 0 Å². The van der Waals surface area contributed by atoms with Crippen molar-refractivity contribution in [2.45, 2.75) is 32.1 Å². The first-order valence-corrected chi connectivity index (χ1v) is 6.63. The lowest BCUT2D eigenvalue weighted by atomic mass is 9.82. The number of hydrogen-bond acceptors (Lipinski definition) is 2. The molecule has 0 fully saturated rings. The molecule has 0 aromatic heterocycles. The predicted molar refractivity (Wildman–Crippen MR) is 70.4 cm³/mol. The van der Waals surface area contributed by atoms with E-state index in [2.05, 4.69) is 26.0 Å². The summed E-state index contributed by atoms with van der Waals surface area (Å²) in [6, 6.07) is 6.21. The van der Waals surface area contributed by atoms with Crippen molar-refractivity contribution in [3.8, 4) is 11.5 Å². The Kier molecular flexibility index (Phi) is 3.82. The van der Waals surface area contributed by atoms with Crippen LogP contribution in [0.3, 0.4) is 0 Å². The van der Waals surface area contributed by atoms with Crippen molar-refractivity contribution in [1.29, 1.82) is 0 Å². The Hall–Kier alpha value is -0.890. The maximum Gasteiger partial charge on any atom is 0.161 e. The van der Waals surface area contributed by atoms with Crippen molar-refractivity contribution in [2.75, 3.05) is 19.1 Å². The average Bonchev–Trinajstić information content (AvgIpc) is 2.52. The first-order valence-electron chi connectivity index (χ1n) is 6.09. The smallest absolute Gasteiger partial charge is 0.161 e. The molecule has 3 heteroatoms. The Morgan fingerprint density at radius 1 is 1.18 bits per heavy atom.